The van der Waals surface area contributed by atoms with Crippen LogP contribution in [0.4, 0.5) is 0 Å². The number of aliphatic carboxylic acids is 1. The number of rotatable bonds is 8. The molecular formula is C14H19ClO3. The predicted octanol–water partition coefficient (Wildman–Crippen LogP) is 3.40. The first-order valence-electron chi connectivity index (χ1n) is 6.19. The molecule has 0 aromatic heterocycles. The van der Waals surface area contributed by atoms with Gasteiger partial charge in [0.1, 0.15) is 0 Å². The molecular weight excluding hydrogens is 252 g/mol. The summed E-state index contributed by atoms with van der Waals surface area (Å²) in [6.45, 7) is 3.19. The summed E-state index contributed by atoms with van der Waals surface area (Å²) in [6, 6.07) is 7.36. The monoisotopic (exact) mass is 270 g/mol. The van der Waals surface area contributed by atoms with Crippen LogP contribution in [0.25, 0.3) is 0 Å². The third kappa shape index (κ3) is 5.07. The summed E-state index contributed by atoms with van der Waals surface area (Å²) in [4.78, 5) is 11.2. The molecule has 0 aliphatic carbocycles. The Bertz CT molecular complexity index is 379. The molecule has 0 amide bonds. The largest absolute Gasteiger partial charge is 0.481 e. The topological polar surface area (TPSA) is 46.5 Å². The van der Waals surface area contributed by atoms with Crippen molar-refractivity contribution in [2.45, 2.75) is 26.2 Å². The van der Waals surface area contributed by atoms with Crippen molar-refractivity contribution in [2.75, 3.05) is 13.2 Å². The number of ether oxygens (including phenoxy) is 1. The highest BCUT2D eigenvalue weighted by atomic mass is 35.5. The smallest absolute Gasteiger partial charge is 0.306 e. The Morgan fingerprint density at radius 3 is 2.72 bits per heavy atom. The molecule has 0 saturated carbocycles. The third-order valence-electron chi connectivity index (χ3n) is 2.73. The summed E-state index contributed by atoms with van der Waals surface area (Å²) < 4.78 is 5.34. The van der Waals surface area contributed by atoms with Gasteiger partial charge in [-0.1, -0.05) is 36.7 Å². The molecule has 0 aliphatic heterocycles. The number of carboxylic acids is 1. The van der Waals surface area contributed by atoms with Gasteiger partial charge in [-0.05, 0) is 30.9 Å². The van der Waals surface area contributed by atoms with Crippen LogP contribution in [0.1, 0.15) is 25.3 Å². The molecule has 0 radical (unpaired) electrons. The maximum absolute atomic E-state index is 11.2. The van der Waals surface area contributed by atoms with E-state index in [1.807, 2.05) is 25.1 Å². The molecule has 100 valence electrons. The van der Waals surface area contributed by atoms with Gasteiger partial charge in [-0.3, -0.25) is 4.79 Å². The zero-order valence-electron chi connectivity index (χ0n) is 10.6. The van der Waals surface area contributed by atoms with Crippen LogP contribution in [0, 0.1) is 5.92 Å². The van der Waals surface area contributed by atoms with Crippen molar-refractivity contribution < 1.29 is 14.6 Å². The van der Waals surface area contributed by atoms with E-state index >= 15 is 0 Å². The SMILES string of the molecule is CCCOCCC(Cc1ccccc1Cl)C(=O)O. The summed E-state index contributed by atoms with van der Waals surface area (Å²) in [6.07, 6.45) is 1.91. The Morgan fingerprint density at radius 1 is 1.39 bits per heavy atom. The average molecular weight is 271 g/mol. The van der Waals surface area contributed by atoms with E-state index in [1.54, 1.807) is 6.07 Å². The first kappa shape index (κ1) is 15.0. The van der Waals surface area contributed by atoms with Crippen molar-refractivity contribution in [1.82, 2.24) is 0 Å². The van der Waals surface area contributed by atoms with E-state index in [4.69, 9.17) is 16.3 Å². The van der Waals surface area contributed by atoms with Gasteiger partial charge in [0.15, 0.2) is 0 Å². The van der Waals surface area contributed by atoms with E-state index < -0.39 is 11.9 Å². The molecule has 1 unspecified atom stereocenters. The van der Waals surface area contributed by atoms with Crippen LogP contribution in [0.2, 0.25) is 5.02 Å². The minimum atomic E-state index is -0.796. The van der Waals surface area contributed by atoms with E-state index in [2.05, 4.69) is 0 Å². The number of halogens is 1. The Labute approximate surface area is 113 Å². The molecule has 18 heavy (non-hydrogen) atoms. The minimum Gasteiger partial charge on any atom is -0.481 e. The lowest BCUT2D eigenvalue weighted by Crippen LogP contribution is -2.19. The molecule has 4 heteroatoms. The van der Waals surface area contributed by atoms with Crippen molar-refractivity contribution in [2.24, 2.45) is 5.92 Å². The van der Waals surface area contributed by atoms with Crippen LogP contribution in [-0.2, 0) is 16.0 Å². The zero-order chi connectivity index (χ0) is 13.4. The zero-order valence-corrected chi connectivity index (χ0v) is 11.3. The van der Waals surface area contributed by atoms with Gasteiger partial charge < -0.3 is 9.84 Å². The highest BCUT2D eigenvalue weighted by molar-refractivity contribution is 6.31. The quantitative estimate of drug-likeness (QED) is 0.737. The summed E-state index contributed by atoms with van der Waals surface area (Å²) in [5.74, 6) is -1.24. The molecule has 1 rings (SSSR count). The maximum Gasteiger partial charge on any atom is 0.306 e. The lowest BCUT2D eigenvalue weighted by Gasteiger charge is -2.13. The Balaban J connectivity index is 2.53. The molecule has 1 N–H and O–H groups in total. The lowest BCUT2D eigenvalue weighted by molar-refractivity contribution is -0.142. The second kappa shape index (κ2) is 8.11. The Hall–Kier alpha value is -1.06. The standard InChI is InChI=1S/C14H19ClO3/c1-2-8-18-9-7-12(14(16)17)10-11-5-3-4-6-13(11)15/h3-6,12H,2,7-10H2,1H3,(H,16,17). The van der Waals surface area contributed by atoms with Gasteiger partial charge in [-0.2, -0.15) is 0 Å². The van der Waals surface area contributed by atoms with Crippen molar-refractivity contribution in [3.05, 3.63) is 34.9 Å². The van der Waals surface area contributed by atoms with Gasteiger partial charge >= 0.3 is 5.97 Å². The van der Waals surface area contributed by atoms with Gasteiger partial charge in [0.2, 0.25) is 0 Å². The second-order valence-electron chi connectivity index (χ2n) is 4.23. The van der Waals surface area contributed by atoms with Crippen LogP contribution in [0.3, 0.4) is 0 Å². The predicted molar refractivity (Wildman–Crippen MR) is 72.0 cm³/mol. The second-order valence-corrected chi connectivity index (χ2v) is 4.64. The van der Waals surface area contributed by atoms with Crippen molar-refractivity contribution in [1.29, 1.82) is 0 Å². The van der Waals surface area contributed by atoms with Gasteiger partial charge in [-0.25, -0.2) is 0 Å². The van der Waals surface area contributed by atoms with Crippen molar-refractivity contribution >= 4 is 17.6 Å². The molecule has 0 spiro atoms. The molecule has 0 heterocycles. The van der Waals surface area contributed by atoms with E-state index in [0.717, 1.165) is 12.0 Å². The van der Waals surface area contributed by atoms with Crippen molar-refractivity contribution in [3.8, 4) is 0 Å². The van der Waals surface area contributed by atoms with Crippen LogP contribution < -0.4 is 0 Å². The summed E-state index contributed by atoms with van der Waals surface area (Å²) >= 11 is 6.03. The van der Waals surface area contributed by atoms with E-state index in [9.17, 15) is 9.90 Å². The van der Waals surface area contributed by atoms with Gasteiger partial charge in [0, 0.05) is 18.2 Å². The fourth-order valence-electron chi connectivity index (χ4n) is 1.71. The van der Waals surface area contributed by atoms with Crippen LogP contribution >= 0.6 is 11.6 Å². The highest BCUT2D eigenvalue weighted by Gasteiger charge is 2.18. The molecule has 0 aliphatic rings. The van der Waals surface area contributed by atoms with Gasteiger partial charge in [0.25, 0.3) is 0 Å². The number of hydrogen-bond donors (Lipinski definition) is 1. The summed E-state index contributed by atoms with van der Waals surface area (Å²) in [5.41, 5.74) is 0.877. The fraction of sp³-hybridized carbons (Fsp3) is 0.500. The van der Waals surface area contributed by atoms with Crippen molar-refractivity contribution in [3.63, 3.8) is 0 Å². The van der Waals surface area contributed by atoms with Gasteiger partial charge in [0.05, 0.1) is 5.92 Å². The van der Waals surface area contributed by atoms with E-state index in [-0.39, 0.29) is 0 Å². The third-order valence-corrected chi connectivity index (χ3v) is 3.10. The van der Waals surface area contributed by atoms with Crippen LogP contribution in [0.5, 0.6) is 0 Å². The average Bonchev–Trinajstić information content (AvgIpc) is 2.35. The molecule has 0 saturated heterocycles. The highest BCUT2D eigenvalue weighted by Crippen LogP contribution is 2.20. The Kier molecular flexibility index (Phi) is 6.76. The number of hydrogen-bond acceptors (Lipinski definition) is 2. The first-order valence-corrected chi connectivity index (χ1v) is 6.57. The molecule has 1 atom stereocenters. The Morgan fingerprint density at radius 2 is 2.11 bits per heavy atom. The fourth-order valence-corrected chi connectivity index (χ4v) is 1.93. The molecule has 1 aromatic carbocycles. The minimum absolute atomic E-state index is 0.443. The number of carboxylic acid groups (broad SMARTS) is 1. The number of carbonyl (C=O) groups is 1. The molecule has 3 nitrogen and oxygen atoms in total. The molecule has 0 fully saturated rings. The summed E-state index contributed by atoms with van der Waals surface area (Å²) in [5, 5.41) is 9.81. The van der Waals surface area contributed by atoms with Gasteiger partial charge in [-0.15, -0.1) is 0 Å². The normalized spacial score (nSPS) is 12.3. The maximum atomic E-state index is 11.2. The summed E-state index contributed by atoms with van der Waals surface area (Å²) in [7, 11) is 0. The van der Waals surface area contributed by atoms with Crippen LogP contribution in [0.15, 0.2) is 24.3 Å². The van der Waals surface area contributed by atoms with E-state index in [0.29, 0.717) is 31.1 Å². The lowest BCUT2D eigenvalue weighted by atomic mass is 9.96. The first-order chi connectivity index (χ1) is 8.65. The molecule has 1 aromatic rings. The van der Waals surface area contributed by atoms with E-state index in [1.165, 1.54) is 0 Å². The molecule has 0 bridgehead atoms. The number of benzene rings is 1. The van der Waals surface area contributed by atoms with Crippen LogP contribution in [-0.4, -0.2) is 24.3 Å².